The van der Waals surface area contributed by atoms with E-state index in [1.165, 1.54) is 0 Å². The Morgan fingerprint density at radius 2 is 1.71 bits per heavy atom. The second kappa shape index (κ2) is 8.14. The molecule has 0 spiro atoms. The number of anilines is 1. The van der Waals surface area contributed by atoms with Gasteiger partial charge in [0.15, 0.2) is 9.84 Å². The summed E-state index contributed by atoms with van der Waals surface area (Å²) in [5.74, 6) is -0.948. The largest absolute Gasteiger partial charge is 0.325 e. The number of carbonyl (C=O) groups is 1. The van der Waals surface area contributed by atoms with Gasteiger partial charge in [0.1, 0.15) is 5.75 Å². The minimum Gasteiger partial charge on any atom is -0.325 e. The number of rotatable bonds is 8. The molecule has 0 bridgehead atoms. The zero-order valence-corrected chi connectivity index (χ0v) is 13.7. The number of aryl methyl sites for hydroxylation is 1. The summed E-state index contributed by atoms with van der Waals surface area (Å²) >= 11 is 0. The number of sulfone groups is 1. The van der Waals surface area contributed by atoms with E-state index in [4.69, 9.17) is 0 Å². The molecule has 0 atom stereocenters. The fraction of sp³-hybridized carbons (Fsp3) is 0.533. The first-order valence-electron chi connectivity index (χ1n) is 7.15. The lowest BCUT2D eigenvalue weighted by Crippen LogP contribution is -2.32. The van der Waals surface area contributed by atoms with E-state index in [-0.39, 0.29) is 5.75 Å². The van der Waals surface area contributed by atoms with E-state index in [2.05, 4.69) is 5.32 Å². The third kappa shape index (κ3) is 6.73. The lowest BCUT2D eigenvalue weighted by atomic mass is 10.2. The summed E-state index contributed by atoms with van der Waals surface area (Å²) in [6.45, 7) is 8.00. The van der Waals surface area contributed by atoms with Crippen LogP contribution in [0.15, 0.2) is 24.3 Å². The summed E-state index contributed by atoms with van der Waals surface area (Å²) in [4.78, 5) is 13.8. The van der Waals surface area contributed by atoms with Gasteiger partial charge >= 0.3 is 0 Å². The Balaban J connectivity index is 2.50. The van der Waals surface area contributed by atoms with E-state index in [1.54, 1.807) is 12.1 Å². The molecule has 0 aliphatic carbocycles. The van der Waals surface area contributed by atoms with Gasteiger partial charge in [-0.3, -0.25) is 4.79 Å². The highest BCUT2D eigenvalue weighted by Crippen LogP contribution is 2.08. The van der Waals surface area contributed by atoms with Gasteiger partial charge in [0, 0.05) is 12.2 Å². The molecule has 0 aromatic heterocycles. The number of hydrogen-bond acceptors (Lipinski definition) is 4. The molecule has 118 valence electrons. The second-order valence-corrected chi connectivity index (χ2v) is 7.22. The number of hydrogen-bond donors (Lipinski definition) is 1. The van der Waals surface area contributed by atoms with Gasteiger partial charge in [-0.15, -0.1) is 0 Å². The molecule has 0 fully saturated rings. The van der Waals surface area contributed by atoms with Crippen LogP contribution in [0.1, 0.15) is 19.4 Å². The molecule has 1 rings (SSSR count). The summed E-state index contributed by atoms with van der Waals surface area (Å²) in [7, 11) is -3.38. The van der Waals surface area contributed by atoms with Crippen LogP contribution in [0.4, 0.5) is 5.69 Å². The van der Waals surface area contributed by atoms with E-state index < -0.39 is 21.5 Å². The van der Waals surface area contributed by atoms with Crippen molar-refractivity contribution in [2.45, 2.75) is 20.8 Å². The number of benzene rings is 1. The molecular formula is C15H24N2O3S. The summed E-state index contributed by atoms with van der Waals surface area (Å²) in [6.07, 6.45) is 0. The van der Waals surface area contributed by atoms with Crippen molar-refractivity contribution in [3.05, 3.63) is 29.8 Å². The Bertz CT molecular complexity index is 549. The van der Waals surface area contributed by atoms with E-state index >= 15 is 0 Å². The fourth-order valence-electron chi connectivity index (χ4n) is 1.91. The Kier molecular flexibility index (Phi) is 6.84. The molecule has 0 radical (unpaired) electrons. The van der Waals surface area contributed by atoms with Gasteiger partial charge in [-0.05, 0) is 32.1 Å². The van der Waals surface area contributed by atoms with Crippen molar-refractivity contribution in [2.75, 3.05) is 36.5 Å². The molecule has 21 heavy (non-hydrogen) atoms. The SMILES string of the molecule is CCN(CC)CCS(=O)(=O)CC(=O)Nc1ccc(C)cc1. The standard InChI is InChI=1S/C15H24N2O3S/c1-4-17(5-2)10-11-21(19,20)12-15(18)16-14-8-6-13(3)7-9-14/h6-9H,4-5,10-12H2,1-3H3,(H,16,18). The molecule has 1 amide bonds. The van der Waals surface area contributed by atoms with Gasteiger partial charge in [0.2, 0.25) is 5.91 Å². The Morgan fingerprint density at radius 1 is 1.14 bits per heavy atom. The van der Waals surface area contributed by atoms with Crippen molar-refractivity contribution in [2.24, 2.45) is 0 Å². The Morgan fingerprint density at radius 3 is 2.24 bits per heavy atom. The molecule has 1 aromatic carbocycles. The van der Waals surface area contributed by atoms with Crippen molar-refractivity contribution in [1.29, 1.82) is 0 Å². The smallest absolute Gasteiger partial charge is 0.239 e. The minimum atomic E-state index is -3.38. The van der Waals surface area contributed by atoms with E-state index in [0.29, 0.717) is 12.2 Å². The predicted octanol–water partition coefficient (Wildman–Crippen LogP) is 1.69. The van der Waals surface area contributed by atoms with Gasteiger partial charge < -0.3 is 10.2 Å². The first-order valence-corrected chi connectivity index (χ1v) is 8.97. The van der Waals surface area contributed by atoms with Crippen LogP contribution in [0.25, 0.3) is 0 Å². The quantitative estimate of drug-likeness (QED) is 0.793. The molecule has 0 heterocycles. The molecule has 0 saturated carbocycles. The van der Waals surface area contributed by atoms with Crippen molar-refractivity contribution < 1.29 is 13.2 Å². The number of amides is 1. The maximum Gasteiger partial charge on any atom is 0.239 e. The Labute approximate surface area is 127 Å². The molecule has 6 heteroatoms. The van der Waals surface area contributed by atoms with Crippen LogP contribution >= 0.6 is 0 Å². The third-order valence-corrected chi connectivity index (χ3v) is 4.81. The van der Waals surface area contributed by atoms with E-state index in [0.717, 1.165) is 18.7 Å². The molecule has 0 saturated heterocycles. The lowest BCUT2D eigenvalue weighted by Gasteiger charge is -2.17. The predicted molar refractivity (Wildman–Crippen MR) is 86.3 cm³/mol. The number of carbonyl (C=O) groups excluding carboxylic acids is 1. The third-order valence-electron chi connectivity index (χ3n) is 3.30. The number of nitrogens with one attached hydrogen (secondary N) is 1. The molecule has 0 aliphatic heterocycles. The first-order chi connectivity index (χ1) is 9.86. The van der Waals surface area contributed by atoms with Gasteiger partial charge in [0.25, 0.3) is 0 Å². The van der Waals surface area contributed by atoms with Crippen LogP contribution in [0.5, 0.6) is 0 Å². The van der Waals surface area contributed by atoms with Crippen molar-refractivity contribution in [3.63, 3.8) is 0 Å². The van der Waals surface area contributed by atoms with Gasteiger partial charge in [0.05, 0.1) is 5.75 Å². The van der Waals surface area contributed by atoms with Crippen molar-refractivity contribution >= 4 is 21.4 Å². The molecular weight excluding hydrogens is 288 g/mol. The molecule has 0 aliphatic rings. The van der Waals surface area contributed by atoms with Crippen LogP contribution in [0, 0.1) is 6.92 Å². The average Bonchev–Trinajstić information content (AvgIpc) is 2.42. The van der Waals surface area contributed by atoms with Crippen LogP contribution in [0.3, 0.4) is 0 Å². The molecule has 1 N–H and O–H groups in total. The summed E-state index contributed by atoms with van der Waals surface area (Å²) in [5.41, 5.74) is 1.70. The first kappa shape index (κ1) is 17.7. The van der Waals surface area contributed by atoms with E-state index in [1.807, 2.05) is 37.8 Å². The minimum absolute atomic E-state index is 0.00992. The van der Waals surface area contributed by atoms with Gasteiger partial charge in [-0.25, -0.2) is 8.42 Å². The highest BCUT2D eigenvalue weighted by molar-refractivity contribution is 7.92. The fourth-order valence-corrected chi connectivity index (χ4v) is 3.07. The van der Waals surface area contributed by atoms with Crippen LogP contribution in [-0.4, -0.2) is 50.4 Å². The normalized spacial score (nSPS) is 11.6. The van der Waals surface area contributed by atoms with Gasteiger partial charge in [-0.1, -0.05) is 31.5 Å². The lowest BCUT2D eigenvalue weighted by molar-refractivity contribution is -0.113. The summed E-state index contributed by atoms with van der Waals surface area (Å²) in [5, 5.41) is 2.61. The zero-order valence-electron chi connectivity index (χ0n) is 12.9. The average molecular weight is 312 g/mol. The Hall–Kier alpha value is -1.40. The van der Waals surface area contributed by atoms with Crippen LogP contribution in [-0.2, 0) is 14.6 Å². The second-order valence-electron chi connectivity index (χ2n) is 5.03. The molecule has 1 aromatic rings. The van der Waals surface area contributed by atoms with Gasteiger partial charge in [-0.2, -0.15) is 0 Å². The summed E-state index contributed by atoms with van der Waals surface area (Å²) < 4.78 is 23.9. The van der Waals surface area contributed by atoms with Crippen LogP contribution < -0.4 is 5.32 Å². The van der Waals surface area contributed by atoms with Crippen molar-refractivity contribution in [3.8, 4) is 0 Å². The molecule has 0 unspecified atom stereocenters. The summed E-state index contributed by atoms with van der Waals surface area (Å²) in [6, 6.07) is 7.25. The van der Waals surface area contributed by atoms with Crippen molar-refractivity contribution in [1.82, 2.24) is 4.90 Å². The maximum atomic E-state index is 11.9. The van der Waals surface area contributed by atoms with E-state index in [9.17, 15) is 13.2 Å². The molecule has 5 nitrogen and oxygen atoms in total. The highest BCUT2D eigenvalue weighted by atomic mass is 32.2. The topological polar surface area (TPSA) is 66.5 Å². The zero-order chi connectivity index (χ0) is 15.9. The highest BCUT2D eigenvalue weighted by Gasteiger charge is 2.17. The number of nitrogens with zero attached hydrogens (tertiary/aromatic N) is 1. The monoisotopic (exact) mass is 312 g/mol. The van der Waals surface area contributed by atoms with Crippen LogP contribution in [0.2, 0.25) is 0 Å². The maximum absolute atomic E-state index is 11.9.